The van der Waals surface area contributed by atoms with Crippen LogP contribution in [0, 0.1) is 0 Å². The van der Waals surface area contributed by atoms with E-state index in [4.69, 9.17) is 0 Å². The molecule has 70 valence electrons. The first-order chi connectivity index (χ1) is 5.49. The average molecular weight is 186 g/mol. The standard InChI is InChI=1S/C6H6F4O2/c1-2-3(7)12-6(11)4(8)5(9)10/h3H,2H2,1H3. The van der Waals surface area contributed by atoms with Crippen LogP contribution in [0.5, 0.6) is 0 Å². The van der Waals surface area contributed by atoms with Crippen LogP contribution in [0.15, 0.2) is 11.9 Å². The minimum absolute atomic E-state index is 0.215. The van der Waals surface area contributed by atoms with Crippen molar-refractivity contribution in [1.82, 2.24) is 0 Å². The van der Waals surface area contributed by atoms with Gasteiger partial charge >= 0.3 is 12.0 Å². The lowest BCUT2D eigenvalue weighted by Gasteiger charge is -2.04. The highest BCUT2D eigenvalue weighted by molar-refractivity contribution is 5.86. The van der Waals surface area contributed by atoms with E-state index in [0.29, 0.717) is 0 Å². The van der Waals surface area contributed by atoms with Crippen LogP contribution in [0.25, 0.3) is 0 Å². The van der Waals surface area contributed by atoms with Crippen molar-refractivity contribution in [3.63, 3.8) is 0 Å². The van der Waals surface area contributed by atoms with Crippen molar-refractivity contribution in [2.24, 2.45) is 0 Å². The van der Waals surface area contributed by atoms with Crippen molar-refractivity contribution in [2.45, 2.75) is 19.7 Å². The van der Waals surface area contributed by atoms with Crippen molar-refractivity contribution < 1.29 is 27.1 Å². The molecule has 0 aliphatic rings. The SMILES string of the molecule is CCC(F)OC(=O)C(F)=C(F)F. The van der Waals surface area contributed by atoms with Gasteiger partial charge in [0.15, 0.2) is 0 Å². The molecular formula is C6H6F4O2. The summed E-state index contributed by atoms with van der Waals surface area (Å²) < 4.78 is 50.3. The predicted octanol–water partition coefficient (Wildman–Crippen LogP) is 2.31. The first-order valence-electron chi connectivity index (χ1n) is 3.04. The highest BCUT2D eigenvalue weighted by Crippen LogP contribution is 2.12. The van der Waals surface area contributed by atoms with Gasteiger partial charge in [0.05, 0.1) is 0 Å². The second-order valence-electron chi connectivity index (χ2n) is 1.80. The number of ether oxygens (including phenoxy) is 1. The molecule has 1 atom stereocenters. The summed E-state index contributed by atoms with van der Waals surface area (Å²) in [6.07, 6.45) is -5.08. The summed E-state index contributed by atoms with van der Waals surface area (Å²) in [6, 6.07) is 0. The maximum atomic E-state index is 12.1. The van der Waals surface area contributed by atoms with E-state index in [9.17, 15) is 22.4 Å². The maximum absolute atomic E-state index is 12.1. The summed E-state index contributed by atoms with van der Waals surface area (Å²) in [5, 5.41) is 0. The molecule has 6 heteroatoms. The van der Waals surface area contributed by atoms with Crippen LogP contribution in [-0.4, -0.2) is 12.3 Å². The number of carbonyl (C=O) groups excluding carboxylic acids is 1. The van der Waals surface area contributed by atoms with Crippen molar-refractivity contribution in [2.75, 3.05) is 0 Å². The zero-order valence-corrected chi connectivity index (χ0v) is 6.11. The molecule has 0 saturated carbocycles. The average Bonchev–Trinajstić information content (AvgIpc) is 2.02. The van der Waals surface area contributed by atoms with Crippen molar-refractivity contribution >= 4 is 5.97 Å². The van der Waals surface area contributed by atoms with Gasteiger partial charge in [0.25, 0.3) is 5.83 Å². The lowest BCUT2D eigenvalue weighted by atomic mass is 10.5. The van der Waals surface area contributed by atoms with E-state index in [1.807, 2.05) is 0 Å². The summed E-state index contributed by atoms with van der Waals surface area (Å²) in [6.45, 7) is 1.31. The van der Waals surface area contributed by atoms with Gasteiger partial charge in [-0.05, 0) is 0 Å². The van der Waals surface area contributed by atoms with Gasteiger partial charge in [0, 0.05) is 6.42 Å². The lowest BCUT2D eigenvalue weighted by molar-refractivity contribution is -0.155. The quantitative estimate of drug-likeness (QED) is 0.384. The van der Waals surface area contributed by atoms with Crippen LogP contribution in [0.1, 0.15) is 13.3 Å². The van der Waals surface area contributed by atoms with Crippen LogP contribution >= 0.6 is 0 Å². The molecular weight excluding hydrogens is 180 g/mol. The molecule has 12 heavy (non-hydrogen) atoms. The monoisotopic (exact) mass is 186 g/mol. The van der Waals surface area contributed by atoms with E-state index < -0.39 is 24.2 Å². The summed E-state index contributed by atoms with van der Waals surface area (Å²) in [5.41, 5.74) is 0. The van der Waals surface area contributed by atoms with E-state index in [-0.39, 0.29) is 6.42 Å². The molecule has 0 aliphatic heterocycles. The largest absolute Gasteiger partial charge is 0.426 e. The highest BCUT2D eigenvalue weighted by atomic mass is 19.3. The molecule has 2 nitrogen and oxygen atoms in total. The summed E-state index contributed by atoms with van der Waals surface area (Å²) >= 11 is 0. The molecule has 0 amide bonds. The Morgan fingerprint density at radius 2 is 1.92 bits per heavy atom. The van der Waals surface area contributed by atoms with Gasteiger partial charge in [-0.15, -0.1) is 0 Å². The van der Waals surface area contributed by atoms with Crippen molar-refractivity contribution in [3.8, 4) is 0 Å². The Labute approximate surface area is 65.8 Å². The fourth-order valence-corrected chi connectivity index (χ4v) is 0.328. The van der Waals surface area contributed by atoms with Gasteiger partial charge in [-0.3, -0.25) is 0 Å². The number of rotatable bonds is 3. The third-order valence-corrected chi connectivity index (χ3v) is 0.901. The number of halogens is 4. The number of carbonyl (C=O) groups is 1. The minimum Gasteiger partial charge on any atom is -0.426 e. The Hall–Kier alpha value is -1.07. The second kappa shape index (κ2) is 4.74. The summed E-state index contributed by atoms with van der Waals surface area (Å²) in [5.74, 6) is -4.34. The molecule has 0 heterocycles. The van der Waals surface area contributed by atoms with E-state index in [1.54, 1.807) is 0 Å². The van der Waals surface area contributed by atoms with E-state index in [1.165, 1.54) is 6.92 Å². The zero-order chi connectivity index (χ0) is 9.72. The number of hydrogen-bond acceptors (Lipinski definition) is 2. The van der Waals surface area contributed by atoms with Gasteiger partial charge in [0.2, 0.25) is 6.36 Å². The predicted molar refractivity (Wildman–Crippen MR) is 31.6 cm³/mol. The highest BCUT2D eigenvalue weighted by Gasteiger charge is 2.20. The molecule has 0 aliphatic carbocycles. The molecule has 0 aromatic heterocycles. The van der Waals surface area contributed by atoms with Crippen LogP contribution in [0.4, 0.5) is 17.6 Å². The molecule has 0 radical (unpaired) electrons. The molecule has 0 rings (SSSR count). The van der Waals surface area contributed by atoms with Crippen LogP contribution < -0.4 is 0 Å². The summed E-state index contributed by atoms with van der Waals surface area (Å²) in [4.78, 5) is 10.2. The molecule has 0 spiro atoms. The zero-order valence-electron chi connectivity index (χ0n) is 6.11. The molecule has 0 fully saturated rings. The molecule has 1 unspecified atom stereocenters. The lowest BCUT2D eigenvalue weighted by Crippen LogP contribution is -2.13. The minimum atomic E-state index is -2.82. The maximum Gasteiger partial charge on any atom is 0.375 e. The van der Waals surface area contributed by atoms with Gasteiger partial charge in [0.1, 0.15) is 0 Å². The van der Waals surface area contributed by atoms with Gasteiger partial charge < -0.3 is 4.74 Å². The Balaban J connectivity index is 4.15. The fourth-order valence-electron chi connectivity index (χ4n) is 0.328. The van der Waals surface area contributed by atoms with Gasteiger partial charge in [-0.25, -0.2) is 9.18 Å². The van der Waals surface area contributed by atoms with Crippen molar-refractivity contribution in [1.29, 1.82) is 0 Å². The second-order valence-corrected chi connectivity index (χ2v) is 1.80. The molecule has 0 bridgehead atoms. The third kappa shape index (κ3) is 3.36. The number of esters is 1. The van der Waals surface area contributed by atoms with Crippen LogP contribution in [0.2, 0.25) is 0 Å². The Kier molecular flexibility index (Phi) is 4.31. The first-order valence-corrected chi connectivity index (χ1v) is 3.04. The van der Waals surface area contributed by atoms with E-state index >= 15 is 0 Å². The number of alkyl halides is 1. The van der Waals surface area contributed by atoms with Crippen LogP contribution in [-0.2, 0) is 9.53 Å². The topological polar surface area (TPSA) is 26.3 Å². The Morgan fingerprint density at radius 3 is 2.25 bits per heavy atom. The van der Waals surface area contributed by atoms with Crippen LogP contribution in [0.3, 0.4) is 0 Å². The van der Waals surface area contributed by atoms with E-state index in [0.717, 1.165) is 0 Å². The normalized spacial score (nSPS) is 12.1. The molecule has 0 aromatic carbocycles. The Morgan fingerprint density at radius 1 is 1.42 bits per heavy atom. The molecule has 0 saturated heterocycles. The Bertz CT molecular complexity index is 198. The summed E-state index contributed by atoms with van der Waals surface area (Å²) in [7, 11) is 0. The van der Waals surface area contributed by atoms with Crippen molar-refractivity contribution in [3.05, 3.63) is 11.9 Å². The fraction of sp³-hybridized carbons (Fsp3) is 0.500. The molecule has 0 N–H and O–H groups in total. The van der Waals surface area contributed by atoms with E-state index in [2.05, 4.69) is 4.74 Å². The smallest absolute Gasteiger partial charge is 0.375 e. The van der Waals surface area contributed by atoms with Gasteiger partial charge in [-0.1, -0.05) is 6.92 Å². The third-order valence-electron chi connectivity index (χ3n) is 0.901. The first kappa shape index (κ1) is 10.9. The number of hydrogen-bond donors (Lipinski definition) is 0. The van der Waals surface area contributed by atoms with Gasteiger partial charge in [-0.2, -0.15) is 13.2 Å². The molecule has 0 aromatic rings.